The van der Waals surface area contributed by atoms with Gasteiger partial charge >= 0.3 is 123 Å². The molecule has 3 aliphatic heterocycles. The van der Waals surface area contributed by atoms with E-state index in [2.05, 4.69) is 20.8 Å². The molecule has 4 heteroatoms. The topological polar surface area (TPSA) is 34.3 Å². The Morgan fingerprint density at radius 3 is 1.41 bits per heavy atom. The Morgan fingerprint density at radius 1 is 0.667 bits per heavy atom. The summed E-state index contributed by atoms with van der Waals surface area (Å²) in [5.74, 6) is 0. The summed E-state index contributed by atoms with van der Waals surface area (Å²) in [7, 11) is -2.40. The van der Waals surface area contributed by atoms with Gasteiger partial charge in [0.25, 0.3) is 0 Å². The van der Waals surface area contributed by atoms with E-state index in [-0.39, 0.29) is 10.9 Å². The molecule has 0 atom stereocenters. The van der Waals surface area contributed by atoms with Gasteiger partial charge in [0.1, 0.15) is 0 Å². The molecule has 0 unspecified atom stereocenters. The molecule has 3 aliphatic rings. The molecule has 0 saturated carbocycles. The van der Waals surface area contributed by atoms with Gasteiger partial charge < -0.3 is 0 Å². The summed E-state index contributed by atoms with van der Waals surface area (Å²) in [6.07, 6.45) is 23.5. The first kappa shape index (κ1) is 22.0. The van der Waals surface area contributed by atoms with Crippen LogP contribution in [0, 0.1) is 5.41 Å². The zero-order chi connectivity index (χ0) is 19.3. The maximum atomic E-state index is 6.13. The van der Waals surface area contributed by atoms with Gasteiger partial charge in [0.05, 0.1) is 0 Å². The third kappa shape index (κ3) is 4.42. The van der Waals surface area contributed by atoms with E-state index in [4.69, 9.17) is 13.6 Å². The normalized spacial score (nSPS) is 29.1. The standard InChI is InChI=1S/C23H45O3P/c1-4-5-6-7-8-9-10-11-12-13-14-15-16-17-18-19-20-24-27-21-22(2,3)23(27,25-27)26-27/h4-21H2,1-3H3. The molecule has 3 heterocycles. The van der Waals surface area contributed by atoms with Gasteiger partial charge in [-0.1, -0.05) is 45.4 Å². The molecule has 0 aromatic carbocycles. The van der Waals surface area contributed by atoms with Crippen LogP contribution >= 0.6 is 7.28 Å². The Kier molecular flexibility index (Phi) is 7.32. The summed E-state index contributed by atoms with van der Waals surface area (Å²) in [5, 5.41) is 0. The predicted molar refractivity (Wildman–Crippen MR) is 116 cm³/mol. The average molecular weight is 401 g/mol. The minimum absolute atomic E-state index is 0.194. The van der Waals surface area contributed by atoms with Crippen molar-refractivity contribution in [1.82, 2.24) is 0 Å². The van der Waals surface area contributed by atoms with Crippen molar-refractivity contribution in [3.05, 3.63) is 0 Å². The van der Waals surface area contributed by atoms with Crippen molar-refractivity contribution in [2.45, 2.75) is 129 Å². The van der Waals surface area contributed by atoms with Crippen LogP contribution in [0.15, 0.2) is 0 Å². The SMILES string of the molecule is CCCCCCCCCCCCCCCCCCOP123CC(C)(C)C1(O2)O3. The second-order valence-corrected chi connectivity index (χ2v) is 13.6. The number of unbranched alkanes of at least 4 members (excludes halogenated alkanes) is 15. The van der Waals surface area contributed by atoms with Crippen LogP contribution in [0.3, 0.4) is 0 Å². The summed E-state index contributed by atoms with van der Waals surface area (Å²) in [6.45, 7) is 7.60. The van der Waals surface area contributed by atoms with Gasteiger partial charge in [0, 0.05) is 0 Å². The molecule has 3 nitrogen and oxygen atoms in total. The molecule has 0 aromatic heterocycles. The maximum absolute atomic E-state index is 6.13. The van der Waals surface area contributed by atoms with Crippen molar-refractivity contribution in [2.24, 2.45) is 5.41 Å². The third-order valence-corrected chi connectivity index (χ3v) is 11.9. The van der Waals surface area contributed by atoms with Crippen molar-refractivity contribution in [3.8, 4) is 0 Å². The average Bonchev–Trinajstić information content (AvgIpc) is 3.34. The zero-order valence-electron chi connectivity index (χ0n) is 18.4. The van der Waals surface area contributed by atoms with Gasteiger partial charge in [-0.15, -0.1) is 0 Å². The van der Waals surface area contributed by atoms with E-state index >= 15 is 0 Å². The van der Waals surface area contributed by atoms with Gasteiger partial charge in [0.2, 0.25) is 0 Å². The van der Waals surface area contributed by atoms with E-state index in [0.717, 1.165) is 12.8 Å². The zero-order valence-corrected chi connectivity index (χ0v) is 19.3. The number of hydrogen-bond acceptors (Lipinski definition) is 3. The number of hydrogen-bond donors (Lipinski definition) is 0. The number of rotatable bonds is 18. The molecule has 0 bridgehead atoms. The van der Waals surface area contributed by atoms with Crippen LogP contribution in [0.4, 0.5) is 0 Å². The molecule has 27 heavy (non-hydrogen) atoms. The first-order chi connectivity index (χ1) is 13.0. The van der Waals surface area contributed by atoms with E-state index in [1.54, 1.807) is 0 Å². The quantitative estimate of drug-likeness (QED) is 0.132. The summed E-state index contributed by atoms with van der Waals surface area (Å²) in [4.78, 5) is 0. The molecule has 0 amide bonds. The molecule has 3 saturated heterocycles. The van der Waals surface area contributed by atoms with Crippen LogP contribution in [0.2, 0.25) is 0 Å². The summed E-state index contributed by atoms with van der Waals surface area (Å²) in [6, 6.07) is 0. The van der Waals surface area contributed by atoms with Gasteiger partial charge in [-0.25, -0.2) is 0 Å². The molecule has 0 N–H and O–H groups in total. The fourth-order valence-electron chi connectivity index (χ4n) is 5.24. The fourth-order valence-corrected chi connectivity index (χ4v) is 11.2. The van der Waals surface area contributed by atoms with Gasteiger partial charge in [-0.05, 0) is 0 Å². The summed E-state index contributed by atoms with van der Waals surface area (Å²) in [5.41, 5.74) is -0.0346. The van der Waals surface area contributed by atoms with E-state index in [1.165, 1.54) is 103 Å². The molecule has 160 valence electrons. The Labute approximate surface area is 168 Å². The Balaban J connectivity index is 1.01. The second kappa shape index (κ2) is 8.99. The monoisotopic (exact) mass is 400 g/mol. The van der Waals surface area contributed by atoms with Crippen LogP contribution in [-0.4, -0.2) is 18.3 Å². The van der Waals surface area contributed by atoms with Gasteiger partial charge in [0.15, 0.2) is 0 Å². The second-order valence-electron chi connectivity index (χ2n) is 9.99. The molecule has 3 rings (SSSR count). The van der Waals surface area contributed by atoms with Crippen LogP contribution in [0.1, 0.15) is 124 Å². The molecule has 0 radical (unpaired) electrons. The molecule has 0 aliphatic carbocycles. The van der Waals surface area contributed by atoms with Crippen molar-refractivity contribution >= 4 is 7.28 Å². The van der Waals surface area contributed by atoms with Crippen LogP contribution < -0.4 is 0 Å². The van der Waals surface area contributed by atoms with E-state index in [0.29, 0.717) is 0 Å². The first-order valence-corrected chi connectivity index (χ1v) is 14.3. The first-order valence-electron chi connectivity index (χ1n) is 12.1. The van der Waals surface area contributed by atoms with Gasteiger partial charge in [-0.3, -0.25) is 0 Å². The molecule has 0 aromatic rings. The third-order valence-electron chi connectivity index (χ3n) is 6.99. The Bertz CT molecular complexity index is 470. The minimum atomic E-state index is -2.40. The molecule has 0 spiro atoms. The van der Waals surface area contributed by atoms with E-state index < -0.39 is 7.28 Å². The van der Waals surface area contributed by atoms with Crippen molar-refractivity contribution in [1.29, 1.82) is 0 Å². The van der Waals surface area contributed by atoms with E-state index in [1.807, 2.05) is 0 Å². The van der Waals surface area contributed by atoms with Crippen LogP contribution in [0.25, 0.3) is 0 Å². The summed E-state index contributed by atoms with van der Waals surface area (Å²) >= 11 is 0. The van der Waals surface area contributed by atoms with Crippen molar-refractivity contribution in [3.63, 3.8) is 0 Å². The van der Waals surface area contributed by atoms with Crippen LogP contribution in [0.5, 0.6) is 0 Å². The van der Waals surface area contributed by atoms with Gasteiger partial charge in [-0.2, -0.15) is 0 Å². The predicted octanol–water partition coefficient (Wildman–Crippen LogP) is 8.32. The van der Waals surface area contributed by atoms with Crippen molar-refractivity contribution < 1.29 is 13.6 Å². The molecule has 3 fully saturated rings. The Morgan fingerprint density at radius 2 is 1.07 bits per heavy atom. The Hall–Kier alpha value is 0.310. The van der Waals surface area contributed by atoms with Crippen LogP contribution in [-0.2, 0) is 13.6 Å². The van der Waals surface area contributed by atoms with E-state index in [9.17, 15) is 0 Å². The van der Waals surface area contributed by atoms with Crippen molar-refractivity contribution in [2.75, 3.05) is 12.8 Å². The molecular weight excluding hydrogens is 355 g/mol. The summed E-state index contributed by atoms with van der Waals surface area (Å²) < 4.78 is 18.0. The molecular formula is C23H45O3P. The fraction of sp³-hybridized carbons (Fsp3) is 1.00.